The molecule has 1 aromatic rings. The Morgan fingerprint density at radius 1 is 0.935 bits per heavy atom. The van der Waals surface area contributed by atoms with Gasteiger partial charge in [-0.1, -0.05) is 12.1 Å². The molecule has 0 spiro atoms. The van der Waals surface area contributed by atoms with Crippen molar-refractivity contribution in [3.05, 3.63) is 35.4 Å². The molecule has 1 saturated heterocycles. The minimum absolute atomic E-state index is 0.104. The fraction of sp³-hybridized carbons (Fsp3) is 0.450. The van der Waals surface area contributed by atoms with Crippen molar-refractivity contribution in [1.82, 2.24) is 4.90 Å². The number of hydrogen-bond donors (Lipinski definition) is 1. The number of aliphatic hydroxyl groups excluding tert-OH is 1. The Morgan fingerprint density at radius 2 is 1.45 bits per heavy atom. The molecule has 3 rings (SSSR count). The average Bonchev–Trinajstić information content (AvgIpc) is 2.93. The molecule has 2 aliphatic rings. The third kappa shape index (κ3) is 4.42. The standard InChI is InChI=1S/C20H21NO10/c1-9(22)28-8-14-16(29-10(2)23)17(30-11(3)24)15(20(27)31-14)21-18(25)12-6-4-5-7-13(12)19(21)26/h4-7,14-17,20,27H,8H2,1-3H3/t14-,15-,16-,17-,20?/m1/s1. The van der Waals surface area contributed by atoms with Crippen molar-refractivity contribution in [3.63, 3.8) is 0 Å². The van der Waals surface area contributed by atoms with E-state index in [-0.39, 0.29) is 11.1 Å². The number of carbonyl (C=O) groups excluding carboxylic acids is 5. The Balaban J connectivity index is 2.01. The SMILES string of the molecule is CC(=O)OC[C@H]1OC(O)[C@H](N2C(=O)c3ccccc3C2=O)[C@@H](OC(C)=O)[C@@H]1OC(C)=O. The summed E-state index contributed by atoms with van der Waals surface area (Å²) < 4.78 is 20.9. The van der Waals surface area contributed by atoms with Crippen LogP contribution in [0.3, 0.4) is 0 Å². The van der Waals surface area contributed by atoms with E-state index in [0.29, 0.717) is 0 Å². The van der Waals surface area contributed by atoms with Crippen LogP contribution in [0.4, 0.5) is 0 Å². The summed E-state index contributed by atoms with van der Waals surface area (Å²) in [6.45, 7) is 2.88. The van der Waals surface area contributed by atoms with Gasteiger partial charge in [0.1, 0.15) is 18.8 Å². The van der Waals surface area contributed by atoms with Crippen molar-refractivity contribution in [1.29, 1.82) is 0 Å². The molecule has 0 bridgehead atoms. The van der Waals surface area contributed by atoms with Crippen LogP contribution < -0.4 is 0 Å². The van der Waals surface area contributed by atoms with Crippen LogP contribution in [0.15, 0.2) is 24.3 Å². The highest BCUT2D eigenvalue weighted by molar-refractivity contribution is 6.21. The fourth-order valence-corrected chi connectivity index (χ4v) is 3.65. The molecule has 2 heterocycles. The predicted molar refractivity (Wildman–Crippen MR) is 99.4 cm³/mol. The van der Waals surface area contributed by atoms with Crippen LogP contribution in [0.2, 0.25) is 0 Å². The zero-order valence-electron chi connectivity index (χ0n) is 17.0. The third-order valence-corrected chi connectivity index (χ3v) is 4.81. The number of benzene rings is 1. The van der Waals surface area contributed by atoms with Gasteiger partial charge in [0.15, 0.2) is 18.5 Å². The van der Waals surface area contributed by atoms with Gasteiger partial charge in [-0.15, -0.1) is 0 Å². The Hall–Kier alpha value is -3.31. The Bertz CT molecular complexity index is 893. The van der Waals surface area contributed by atoms with Crippen LogP contribution in [0.5, 0.6) is 0 Å². The lowest BCUT2D eigenvalue weighted by molar-refractivity contribution is -0.272. The minimum Gasteiger partial charge on any atom is -0.463 e. The zero-order valence-corrected chi connectivity index (χ0v) is 17.0. The summed E-state index contributed by atoms with van der Waals surface area (Å²) in [5.41, 5.74) is 0.208. The van der Waals surface area contributed by atoms with E-state index in [9.17, 15) is 29.1 Å². The molecule has 1 N–H and O–H groups in total. The summed E-state index contributed by atoms with van der Waals surface area (Å²) in [6, 6.07) is 4.51. The minimum atomic E-state index is -1.82. The van der Waals surface area contributed by atoms with Gasteiger partial charge in [-0.2, -0.15) is 0 Å². The van der Waals surface area contributed by atoms with E-state index in [1.807, 2.05) is 0 Å². The summed E-state index contributed by atoms with van der Waals surface area (Å²) in [5, 5.41) is 10.7. The van der Waals surface area contributed by atoms with Crippen LogP contribution in [0.1, 0.15) is 41.5 Å². The summed E-state index contributed by atoms with van der Waals surface area (Å²) in [6.07, 6.45) is -5.90. The van der Waals surface area contributed by atoms with Crippen LogP contribution in [0.25, 0.3) is 0 Å². The first-order chi connectivity index (χ1) is 14.6. The molecule has 1 fully saturated rings. The molecule has 5 atom stereocenters. The van der Waals surface area contributed by atoms with E-state index in [0.717, 1.165) is 25.7 Å². The van der Waals surface area contributed by atoms with Gasteiger partial charge in [-0.25, -0.2) is 0 Å². The van der Waals surface area contributed by atoms with E-state index in [1.54, 1.807) is 12.1 Å². The van der Waals surface area contributed by atoms with Gasteiger partial charge in [-0.05, 0) is 12.1 Å². The molecule has 11 heteroatoms. The largest absolute Gasteiger partial charge is 0.463 e. The first kappa shape index (κ1) is 22.4. The number of aliphatic hydroxyl groups is 1. The fourth-order valence-electron chi connectivity index (χ4n) is 3.65. The van der Waals surface area contributed by atoms with Crippen LogP contribution in [0, 0.1) is 0 Å². The summed E-state index contributed by atoms with van der Waals surface area (Å²) in [4.78, 5) is 61.3. The van der Waals surface area contributed by atoms with Crippen LogP contribution in [-0.2, 0) is 33.3 Å². The lowest BCUT2D eigenvalue weighted by Crippen LogP contribution is -2.67. The van der Waals surface area contributed by atoms with E-state index < -0.39 is 67.0 Å². The molecular formula is C20H21NO10. The maximum Gasteiger partial charge on any atom is 0.303 e. The molecule has 1 unspecified atom stereocenters. The van der Waals surface area contributed by atoms with Gasteiger partial charge in [0.2, 0.25) is 0 Å². The van der Waals surface area contributed by atoms with Crippen molar-refractivity contribution < 1.29 is 48.0 Å². The zero-order chi connectivity index (χ0) is 22.9. The summed E-state index contributed by atoms with van der Waals surface area (Å²) in [7, 11) is 0. The number of fused-ring (bicyclic) bond motifs is 1. The highest BCUT2D eigenvalue weighted by atomic mass is 16.7. The van der Waals surface area contributed by atoms with E-state index in [2.05, 4.69) is 0 Å². The van der Waals surface area contributed by atoms with Crippen molar-refractivity contribution in [2.45, 2.75) is 51.4 Å². The molecule has 2 amide bonds. The van der Waals surface area contributed by atoms with E-state index >= 15 is 0 Å². The molecule has 11 nitrogen and oxygen atoms in total. The van der Waals surface area contributed by atoms with Gasteiger partial charge in [0.05, 0.1) is 11.1 Å². The van der Waals surface area contributed by atoms with Crippen molar-refractivity contribution in [3.8, 4) is 0 Å². The molecule has 1 aromatic carbocycles. The topological polar surface area (TPSA) is 146 Å². The Kier molecular flexibility index (Phi) is 6.37. The number of rotatable bonds is 5. The third-order valence-electron chi connectivity index (χ3n) is 4.81. The molecule has 2 aliphatic heterocycles. The van der Waals surface area contributed by atoms with Crippen molar-refractivity contribution >= 4 is 29.7 Å². The second kappa shape index (κ2) is 8.82. The Morgan fingerprint density at radius 3 is 1.94 bits per heavy atom. The van der Waals surface area contributed by atoms with E-state index in [1.165, 1.54) is 12.1 Å². The molecule has 0 saturated carbocycles. The van der Waals surface area contributed by atoms with Gasteiger partial charge in [0.25, 0.3) is 11.8 Å². The second-order valence-electron chi connectivity index (χ2n) is 7.03. The maximum absolute atomic E-state index is 12.9. The number of carbonyl (C=O) groups is 5. The number of esters is 3. The Labute approximate surface area is 176 Å². The number of nitrogens with zero attached hydrogens (tertiary/aromatic N) is 1. The quantitative estimate of drug-likeness (QED) is 0.375. The van der Waals surface area contributed by atoms with Gasteiger partial charge >= 0.3 is 17.9 Å². The normalized spacial score (nSPS) is 27.5. The molecule has 0 aliphatic carbocycles. The first-order valence-corrected chi connectivity index (χ1v) is 9.40. The molecular weight excluding hydrogens is 414 g/mol. The van der Waals surface area contributed by atoms with Crippen LogP contribution in [-0.4, -0.2) is 77.0 Å². The average molecular weight is 435 g/mol. The molecule has 31 heavy (non-hydrogen) atoms. The molecule has 166 valence electrons. The van der Waals surface area contributed by atoms with Gasteiger partial charge < -0.3 is 24.1 Å². The van der Waals surface area contributed by atoms with Gasteiger partial charge in [-0.3, -0.25) is 28.9 Å². The monoisotopic (exact) mass is 435 g/mol. The van der Waals surface area contributed by atoms with Gasteiger partial charge in [0, 0.05) is 20.8 Å². The smallest absolute Gasteiger partial charge is 0.303 e. The maximum atomic E-state index is 12.9. The lowest BCUT2D eigenvalue weighted by atomic mass is 9.95. The first-order valence-electron chi connectivity index (χ1n) is 9.40. The molecule has 0 aromatic heterocycles. The van der Waals surface area contributed by atoms with Crippen LogP contribution >= 0.6 is 0 Å². The lowest BCUT2D eigenvalue weighted by Gasteiger charge is -2.45. The summed E-state index contributed by atoms with van der Waals surface area (Å²) in [5.74, 6) is -3.72. The highest BCUT2D eigenvalue weighted by Gasteiger charge is 2.56. The number of imide groups is 1. The van der Waals surface area contributed by atoms with Crippen molar-refractivity contribution in [2.24, 2.45) is 0 Å². The number of ether oxygens (including phenoxy) is 4. The number of amides is 2. The second-order valence-corrected chi connectivity index (χ2v) is 7.03. The predicted octanol–water partition coefficient (Wildman–Crippen LogP) is -0.205. The molecule has 0 radical (unpaired) electrons. The summed E-state index contributed by atoms with van der Waals surface area (Å²) >= 11 is 0. The van der Waals surface area contributed by atoms with Crippen molar-refractivity contribution in [2.75, 3.05) is 6.61 Å². The number of hydrogen-bond acceptors (Lipinski definition) is 10. The van der Waals surface area contributed by atoms with E-state index in [4.69, 9.17) is 18.9 Å². The highest BCUT2D eigenvalue weighted by Crippen LogP contribution is 2.34.